The van der Waals surface area contributed by atoms with Gasteiger partial charge in [-0.15, -0.1) is 0 Å². The van der Waals surface area contributed by atoms with Crippen LogP contribution in [0.25, 0.3) is 0 Å². The van der Waals surface area contributed by atoms with Gasteiger partial charge in [-0.2, -0.15) is 0 Å². The van der Waals surface area contributed by atoms with E-state index >= 15 is 0 Å². The van der Waals surface area contributed by atoms with Crippen molar-refractivity contribution < 1.29 is 14.7 Å². The minimum atomic E-state index is -1.56. The highest BCUT2D eigenvalue weighted by Gasteiger charge is 2.36. The first kappa shape index (κ1) is 12.3. The summed E-state index contributed by atoms with van der Waals surface area (Å²) in [6.07, 6.45) is 0. The molecular weight excluding hydrogens is 232 g/mol. The molecule has 0 radical (unpaired) electrons. The van der Waals surface area contributed by atoms with Crippen LogP contribution in [0.2, 0.25) is 5.02 Å². The summed E-state index contributed by atoms with van der Waals surface area (Å²) in [5.74, 6) is -1.20. The average Bonchev–Trinajstić information content (AvgIpc) is 2.17. The number of amides is 2. The number of carbonyl (C=O) groups is 2. The molecule has 1 aromatic carbocycles. The van der Waals surface area contributed by atoms with Gasteiger partial charge in [-0.25, -0.2) is 9.59 Å². The van der Waals surface area contributed by atoms with Crippen molar-refractivity contribution >= 4 is 23.6 Å². The molecule has 16 heavy (non-hydrogen) atoms. The van der Waals surface area contributed by atoms with E-state index in [0.29, 0.717) is 10.6 Å². The first-order valence-corrected chi connectivity index (χ1v) is 4.81. The zero-order valence-electron chi connectivity index (χ0n) is 8.53. The summed E-state index contributed by atoms with van der Waals surface area (Å²) in [5.41, 5.74) is 3.78. The Morgan fingerprint density at radius 3 is 2.25 bits per heavy atom. The first-order valence-electron chi connectivity index (χ1n) is 4.43. The normalized spacial score (nSPS) is 13.9. The van der Waals surface area contributed by atoms with Crippen LogP contribution in [0.1, 0.15) is 12.5 Å². The lowest BCUT2D eigenvalue weighted by Crippen LogP contribution is -2.51. The van der Waals surface area contributed by atoms with E-state index in [2.05, 4.69) is 5.32 Å². The monoisotopic (exact) mass is 242 g/mol. The molecule has 2 amide bonds. The summed E-state index contributed by atoms with van der Waals surface area (Å²) in [6, 6.07) is 5.22. The van der Waals surface area contributed by atoms with Crippen molar-refractivity contribution in [2.75, 3.05) is 0 Å². The van der Waals surface area contributed by atoms with E-state index in [9.17, 15) is 9.59 Å². The van der Waals surface area contributed by atoms with Crippen LogP contribution >= 0.6 is 11.6 Å². The van der Waals surface area contributed by atoms with Crippen LogP contribution in [0.15, 0.2) is 24.3 Å². The van der Waals surface area contributed by atoms with Gasteiger partial charge in [0, 0.05) is 5.02 Å². The highest BCUT2D eigenvalue weighted by atomic mass is 35.5. The number of carboxylic acids is 1. The Balaban J connectivity index is 3.16. The molecule has 0 aliphatic carbocycles. The standard InChI is InChI=1S/C10H11ClN2O3/c1-10(8(14)15,13-9(12)16)6-2-4-7(11)5-3-6/h2-5H,1H3,(H,14,15)(H3,12,13,16). The number of aliphatic carboxylic acids is 1. The molecule has 1 atom stereocenters. The molecule has 0 fully saturated rings. The van der Waals surface area contributed by atoms with Crippen LogP contribution in [0, 0.1) is 0 Å². The van der Waals surface area contributed by atoms with Gasteiger partial charge in [0.05, 0.1) is 0 Å². The molecule has 1 unspecified atom stereocenters. The van der Waals surface area contributed by atoms with Crippen molar-refractivity contribution in [3.63, 3.8) is 0 Å². The lowest BCUT2D eigenvalue weighted by Gasteiger charge is -2.25. The van der Waals surface area contributed by atoms with Crippen molar-refractivity contribution in [3.05, 3.63) is 34.9 Å². The topological polar surface area (TPSA) is 92.4 Å². The van der Waals surface area contributed by atoms with Gasteiger partial charge in [0.25, 0.3) is 0 Å². The van der Waals surface area contributed by atoms with Gasteiger partial charge in [-0.05, 0) is 24.6 Å². The molecule has 4 N–H and O–H groups in total. The number of carbonyl (C=O) groups excluding carboxylic acids is 1. The lowest BCUT2D eigenvalue weighted by atomic mass is 9.92. The van der Waals surface area contributed by atoms with Crippen LogP contribution in [0.4, 0.5) is 4.79 Å². The number of halogens is 1. The van der Waals surface area contributed by atoms with Crippen molar-refractivity contribution in [2.45, 2.75) is 12.5 Å². The molecule has 0 heterocycles. The lowest BCUT2D eigenvalue weighted by molar-refractivity contribution is -0.144. The molecule has 1 aromatic rings. The van der Waals surface area contributed by atoms with Gasteiger partial charge < -0.3 is 16.2 Å². The molecule has 86 valence electrons. The minimum absolute atomic E-state index is 0.392. The summed E-state index contributed by atoms with van der Waals surface area (Å²) in [6.45, 7) is 1.35. The van der Waals surface area contributed by atoms with Gasteiger partial charge in [0.2, 0.25) is 0 Å². The van der Waals surface area contributed by atoms with Gasteiger partial charge in [0.1, 0.15) is 0 Å². The van der Waals surface area contributed by atoms with E-state index in [1.54, 1.807) is 12.1 Å². The van der Waals surface area contributed by atoms with E-state index in [1.165, 1.54) is 19.1 Å². The predicted octanol–water partition coefficient (Wildman–Crippen LogP) is 1.31. The van der Waals surface area contributed by atoms with E-state index in [4.69, 9.17) is 22.4 Å². The molecule has 0 saturated heterocycles. The Hall–Kier alpha value is -1.75. The average molecular weight is 243 g/mol. The molecule has 0 aromatic heterocycles. The number of primary amides is 1. The van der Waals surface area contributed by atoms with E-state index in [1.807, 2.05) is 0 Å². The summed E-state index contributed by atoms with van der Waals surface area (Å²) in [5, 5.41) is 11.8. The number of nitrogens with one attached hydrogen (secondary N) is 1. The van der Waals surface area contributed by atoms with E-state index < -0.39 is 17.5 Å². The smallest absolute Gasteiger partial charge is 0.333 e. The SMILES string of the molecule is CC(NC(N)=O)(C(=O)O)c1ccc(Cl)cc1. The third kappa shape index (κ3) is 2.43. The molecular formula is C10H11ClN2O3. The number of rotatable bonds is 3. The summed E-state index contributed by atoms with van der Waals surface area (Å²) in [4.78, 5) is 21.9. The van der Waals surface area contributed by atoms with Crippen LogP contribution in [-0.2, 0) is 10.3 Å². The van der Waals surface area contributed by atoms with Gasteiger partial charge in [0.15, 0.2) is 5.54 Å². The van der Waals surface area contributed by atoms with Crippen LogP contribution in [-0.4, -0.2) is 17.1 Å². The van der Waals surface area contributed by atoms with Gasteiger partial charge in [-0.3, -0.25) is 0 Å². The molecule has 1 rings (SSSR count). The van der Waals surface area contributed by atoms with E-state index in [-0.39, 0.29) is 0 Å². The largest absolute Gasteiger partial charge is 0.479 e. The number of urea groups is 1. The number of benzene rings is 1. The maximum atomic E-state index is 11.1. The van der Waals surface area contributed by atoms with Crippen LogP contribution in [0.5, 0.6) is 0 Å². The van der Waals surface area contributed by atoms with Crippen molar-refractivity contribution in [1.29, 1.82) is 0 Å². The molecule has 6 heteroatoms. The third-order valence-corrected chi connectivity index (χ3v) is 2.47. The number of hydrogen-bond donors (Lipinski definition) is 3. The van der Waals surface area contributed by atoms with E-state index in [0.717, 1.165) is 0 Å². The van der Waals surface area contributed by atoms with Crippen LogP contribution < -0.4 is 11.1 Å². The fraction of sp³-hybridized carbons (Fsp3) is 0.200. The molecule has 5 nitrogen and oxygen atoms in total. The molecule has 0 spiro atoms. The van der Waals surface area contributed by atoms with Crippen molar-refractivity contribution in [2.24, 2.45) is 5.73 Å². The highest BCUT2D eigenvalue weighted by molar-refractivity contribution is 6.30. The summed E-state index contributed by atoms with van der Waals surface area (Å²) in [7, 11) is 0. The summed E-state index contributed by atoms with van der Waals surface area (Å²) < 4.78 is 0. The van der Waals surface area contributed by atoms with Crippen LogP contribution in [0.3, 0.4) is 0 Å². The Labute approximate surface area is 97.2 Å². The second-order valence-electron chi connectivity index (χ2n) is 3.43. The zero-order valence-corrected chi connectivity index (χ0v) is 9.28. The molecule has 0 saturated carbocycles. The Morgan fingerprint density at radius 1 is 1.38 bits per heavy atom. The maximum Gasteiger partial charge on any atom is 0.333 e. The van der Waals surface area contributed by atoms with Crippen molar-refractivity contribution in [1.82, 2.24) is 5.32 Å². The fourth-order valence-corrected chi connectivity index (χ4v) is 1.40. The second-order valence-corrected chi connectivity index (χ2v) is 3.86. The number of hydrogen-bond acceptors (Lipinski definition) is 2. The first-order chi connectivity index (χ1) is 7.36. The third-order valence-electron chi connectivity index (χ3n) is 2.22. The predicted molar refractivity (Wildman–Crippen MR) is 59.2 cm³/mol. The second kappa shape index (κ2) is 4.40. The van der Waals surface area contributed by atoms with Gasteiger partial charge >= 0.3 is 12.0 Å². The fourth-order valence-electron chi connectivity index (χ4n) is 1.28. The van der Waals surface area contributed by atoms with Crippen molar-refractivity contribution in [3.8, 4) is 0 Å². The quantitative estimate of drug-likeness (QED) is 0.746. The summed E-state index contributed by atoms with van der Waals surface area (Å²) >= 11 is 5.69. The highest BCUT2D eigenvalue weighted by Crippen LogP contribution is 2.22. The Morgan fingerprint density at radius 2 is 1.88 bits per heavy atom. The molecule has 0 aliphatic rings. The number of nitrogens with two attached hydrogens (primary N) is 1. The minimum Gasteiger partial charge on any atom is -0.479 e. The maximum absolute atomic E-state index is 11.1. The Kier molecular flexibility index (Phi) is 3.39. The molecule has 0 bridgehead atoms. The van der Waals surface area contributed by atoms with Gasteiger partial charge in [-0.1, -0.05) is 23.7 Å². The molecule has 0 aliphatic heterocycles. The number of carboxylic acid groups (broad SMARTS) is 1. The Bertz CT molecular complexity index is 419. The zero-order chi connectivity index (χ0) is 12.3.